The van der Waals surface area contributed by atoms with Crippen molar-refractivity contribution in [1.82, 2.24) is 21.1 Å². The number of likely N-dealkylation sites (N-methyl/N-ethyl adjacent to an activating group) is 1. The van der Waals surface area contributed by atoms with Gasteiger partial charge < -0.3 is 5.32 Å². The number of hydrazine groups is 1. The van der Waals surface area contributed by atoms with Gasteiger partial charge in [0.2, 0.25) is 5.78 Å². The van der Waals surface area contributed by atoms with Crippen LogP contribution in [-0.4, -0.2) is 49.3 Å². The molecule has 3 fully saturated rings. The molecule has 176 valence electrons. The van der Waals surface area contributed by atoms with E-state index < -0.39 is 5.91 Å². The van der Waals surface area contributed by atoms with Gasteiger partial charge in [-0.15, -0.1) is 0 Å². The zero-order valence-corrected chi connectivity index (χ0v) is 20.0. The number of benzene rings is 1. The Morgan fingerprint density at radius 3 is 2.38 bits per heavy atom. The molecule has 2 atom stereocenters. The summed E-state index contributed by atoms with van der Waals surface area (Å²) in [7, 11) is 5.93. The maximum absolute atomic E-state index is 12.9. The van der Waals surface area contributed by atoms with Gasteiger partial charge in [-0.1, -0.05) is 49.6 Å². The molecule has 3 N–H and O–H groups in total. The number of hydrogen-bond donors (Lipinski definition) is 3. The third-order valence-electron chi connectivity index (χ3n) is 8.72. The molecule has 1 spiro atoms. The molecule has 32 heavy (non-hydrogen) atoms. The second-order valence-corrected chi connectivity index (χ2v) is 10.6. The van der Waals surface area contributed by atoms with E-state index in [9.17, 15) is 9.59 Å². The number of amides is 1. The summed E-state index contributed by atoms with van der Waals surface area (Å²) in [5.74, 6) is -0.228. The lowest BCUT2D eigenvalue weighted by Gasteiger charge is -2.49. The summed E-state index contributed by atoms with van der Waals surface area (Å²) in [5, 5.41) is 2.55. The summed E-state index contributed by atoms with van der Waals surface area (Å²) in [6.07, 6.45) is 10.8. The molecule has 4 rings (SSSR count). The van der Waals surface area contributed by atoms with Crippen molar-refractivity contribution in [2.75, 3.05) is 21.1 Å². The van der Waals surface area contributed by atoms with Gasteiger partial charge in [0, 0.05) is 30.1 Å². The van der Waals surface area contributed by atoms with Crippen molar-refractivity contribution in [3.8, 4) is 0 Å². The van der Waals surface area contributed by atoms with Gasteiger partial charge in [-0.25, -0.2) is 0 Å². The van der Waals surface area contributed by atoms with Crippen LogP contribution in [0.3, 0.4) is 0 Å². The van der Waals surface area contributed by atoms with E-state index >= 15 is 0 Å². The minimum absolute atomic E-state index is 0.00333. The highest BCUT2D eigenvalue weighted by Gasteiger charge is 2.50. The van der Waals surface area contributed by atoms with E-state index in [-0.39, 0.29) is 28.8 Å². The molecule has 1 amide bonds. The molecule has 0 radical (unpaired) electrons. The van der Waals surface area contributed by atoms with Crippen molar-refractivity contribution in [3.63, 3.8) is 0 Å². The lowest BCUT2D eigenvalue weighted by atomic mass is 9.67. The first-order chi connectivity index (χ1) is 15.4. The molecule has 1 aliphatic heterocycles. The van der Waals surface area contributed by atoms with Gasteiger partial charge in [-0.3, -0.25) is 25.3 Å². The first-order valence-corrected chi connectivity index (χ1v) is 12.4. The Morgan fingerprint density at radius 2 is 1.81 bits per heavy atom. The first kappa shape index (κ1) is 23.4. The molecule has 1 aromatic carbocycles. The normalized spacial score (nSPS) is 31.4. The predicted octanol–water partition coefficient (Wildman–Crippen LogP) is 3.13. The van der Waals surface area contributed by atoms with Crippen molar-refractivity contribution in [2.45, 2.75) is 81.3 Å². The van der Waals surface area contributed by atoms with E-state index in [1.807, 2.05) is 0 Å². The summed E-state index contributed by atoms with van der Waals surface area (Å²) in [4.78, 5) is 27.5. The van der Waals surface area contributed by atoms with Gasteiger partial charge in [-0.05, 0) is 70.5 Å². The lowest BCUT2D eigenvalue weighted by molar-refractivity contribution is -0.140. The van der Waals surface area contributed by atoms with Crippen molar-refractivity contribution >= 4 is 11.7 Å². The highest BCUT2D eigenvalue weighted by molar-refractivity contribution is 6.37. The molecule has 0 aromatic heterocycles. The molecule has 3 aliphatic rings. The zero-order chi connectivity index (χ0) is 22.8. The average molecular weight is 441 g/mol. The smallest absolute Gasteiger partial charge is 0.287 e. The predicted molar refractivity (Wildman–Crippen MR) is 127 cm³/mol. The molecule has 6 heteroatoms. The molecular formula is C26H40N4O2. The second-order valence-electron chi connectivity index (χ2n) is 10.6. The second kappa shape index (κ2) is 9.62. The number of nitrogens with zero attached hydrogens (tertiary/aromatic N) is 1. The summed E-state index contributed by atoms with van der Waals surface area (Å²) < 4.78 is 0. The van der Waals surface area contributed by atoms with E-state index in [0.717, 1.165) is 50.9 Å². The summed E-state index contributed by atoms with van der Waals surface area (Å²) in [6, 6.07) is 10.9. The van der Waals surface area contributed by atoms with E-state index in [1.54, 1.807) is 7.05 Å². The number of ketones is 1. The molecule has 1 unspecified atom stereocenters. The van der Waals surface area contributed by atoms with Crippen molar-refractivity contribution in [1.29, 1.82) is 0 Å². The fourth-order valence-electron chi connectivity index (χ4n) is 6.23. The van der Waals surface area contributed by atoms with Gasteiger partial charge in [0.25, 0.3) is 5.91 Å². The number of Topliss-reactive ketones (excluding diaryl/α,β-unsaturated/α-hetero) is 1. The van der Waals surface area contributed by atoms with Gasteiger partial charge >= 0.3 is 0 Å². The Morgan fingerprint density at radius 1 is 1.12 bits per heavy atom. The first-order valence-electron chi connectivity index (χ1n) is 12.4. The highest BCUT2D eigenvalue weighted by atomic mass is 16.2. The van der Waals surface area contributed by atoms with E-state index in [4.69, 9.17) is 0 Å². The van der Waals surface area contributed by atoms with Crippen molar-refractivity contribution in [3.05, 3.63) is 35.9 Å². The molecule has 0 bridgehead atoms. The van der Waals surface area contributed by atoms with Crippen LogP contribution in [0, 0.1) is 11.8 Å². The number of rotatable bonds is 8. The van der Waals surface area contributed by atoms with Crippen LogP contribution < -0.4 is 16.2 Å². The topological polar surface area (TPSA) is 73.5 Å². The highest BCUT2D eigenvalue weighted by Crippen LogP contribution is 2.47. The van der Waals surface area contributed by atoms with Crippen LogP contribution in [0.15, 0.2) is 30.3 Å². The van der Waals surface area contributed by atoms with Crippen LogP contribution in [-0.2, 0) is 15.1 Å². The SMILES string of the molecule is CNC(=O)C(=O)C(CCC1CCC1)[C@@H]1CC2(CCC(c3ccccc3)(N(C)C)CC2)NN1. The molecule has 2 aliphatic carbocycles. The number of nitrogens with one attached hydrogen (secondary N) is 3. The molecular weight excluding hydrogens is 400 g/mol. The van der Waals surface area contributed by atoms with Crippen molar-refractivity contribution < 1.29 is 9.59 Å². The maximum atomic E-state index is 12.9. The van der Waals surface area contributed by atoms with Crippen LogP contribution in [0.2, 0.25) is 0 Å². The summed E-state index contributed by atoms with van der Waals surface area (Å²) >= 11 is 0. The Bertz CT molecular complexity index is 797. The Hall–Kier alpha value is -1.76. The monoisotopic (exact) mass is 440 g/mol. The largest absolute Gasteiger partial charge is 0.353 e. The van der Waals surface area contributed by atoms with Crippen molar-refractivity contribution in [2.24, 2.45) is 11.8 Å². The maximum Gasteiger partial charge on any atom is 0.287 e. The standard InChI is InChI=1S/C26H40N4O2/c1-27-24(32)23(31)21(13-12-19-8-7-9-19)22-18-25(29-28-22)14-16-26(17-15-25,30(2)3)20-10-5-4-6-11-20/h4-6,10-11,19,21-22,28-29H,7-9,12-18H2,1-3H3,(H,27,32)/t21?,22-,25?,26?/m0/s1. The number of carbonyl (C=O) groups excluding carboxylic acids is 2. The summed E-state index contributed by atoms with van der Waals surface area (Å²) in [5.41, 5.74) is 8.51. The van der Waals surface area contributed by atoms with Gasteiger partial charge in [0.15, 0.2) is 0 Å². The lowest BCUT2D eigenvalue weighted by Crippen LogP contribution is -2.53. The number of carbonyl (C=O) groups is 2. The van der Waals surface area contributed by atoms with E-state index in [1.165, 1.54) is 24.8 Å². The molecule has 2 saturated carbocycles. The fraction of sp³-hybridized carbons (Fsp3) is 0.692. The van der Waals surface area contributed by atoms with Gasteiger partial charge in [-0.2, -0.15) is 0 Å². The third kappa shape index (κ3) is 4.50. The zero-order valence-electron chi connectivity index (χ0n) is 20.0. The van der Waals surface area contributed by atoms with Gasteiger partial charge in [0.05, 0.1) is 0 Å². The minimum Gasteiger partial charge on any atom is -0.353 e. The van der Waals surface area contributed by atoms with Crippen LogP contribution >= 0.6 is 0 Å². The summed E-state index contributed by atoms with van der Waals surface area (Å²) in [6.45, 7) is 0. The van der Waals surface area contributed by atoms with Gasteiger partial charge in [0.1, 0.15) is 0 Å². The van der Waals surface area contributed by atoms with E-state index in [0.29, 0.717) is 0 Å². The molecule has 1 aromatic rings. The van der Waals surface area contributed by atoms with Crippen LogP contribution in [0.4, 0.5) is 0 Å². The quantitative estimate of drug-likeness (QED) is 0.542. The van der Waals surface area contributed by atoms with Crippen LogP contribution in [0.25, 0.3) is 0 Å². The number of hydrogen-bond acceptors (Lipinski definition) is 5. The minimum atomic E-state index is -0.453. The Kier molecular flexibility index (Phi) is 7.03. The third-order valence-corrected chi connectivity index (χ3v) is 8.72. The average Bonchev–Trinajstić information content (AvgIpc) is 3.19. The fourth-order valence-corrected chi connectivity index (χ4v) is 6.23. The Labute approximate surface area is 192 Å². The molecule has 6 nitrogen and oxygen atoms in total. The molecule has 1 heterocycles. The van der Waals surface area contributed by atoms with E-state index in [2.05, 4.69) is 65.5 Å². The Balaban J connectivity index is 1.45. The van der Waals surface area contributed by atoms with Crippen LogP contribution in [0.1, 0.15) is 69.8 Å². The van der Waals surface area contributed by atoms with Crippen LogP contribution in [0.5, 0.6) is 0 Å². The molecule has 1 saturated heterocycles.